The number of aliphatic hydroxyl groups excluding tert-OH is 4. The molecule has 11 aromatic rings. The predicted octanol–water partition coefficient (Wildman–Crippen LogP) is 12.8. The van der Waals surface area contributed by atoms with Gasteiger partial charge in [-0.25, -0.2) is 29.7 Å². The summed E-state index contributed by atoms with van der Waals surface area (Å²) in [6.45, 7) is 12.7. The van der Waals surface area contributed by atoms with Crippen molar-refractivity contribution < 1.29 is 202 Å². The van der Waals surface area contributed by atoms with Crippen LogP contribution in [0.15, 0.2) is 208 Å². The third-order valence-electron chi connectivity index (χ3n) is 20.7. The molecular formula is C91H86BBr3Cl7F10N15Na2O20S. The van der Waals surface area contributed by atoms with E-state index in [-0.39, 0.29) is 135 Å². The van der Waals surface area contributed by atoms with Crippen molar-refractivity contribution in [3.63, 3.8) is 0 Å². The molecule has 0 radical (unpaired) electrons. The Labute approximate surface area is 959 Å². The number of carboxylic acid groups (broad SMARTS) is 1. The number of aliphatic hydroxyl groups is 4. The minimum atomic E-state index is -3.83. The number of ether oxygens (including phenoxy) is 5. The minimum absolute atomic E-state index is 0. The number of alkyl halides is 15. The maximum absolute atomic E-state index is 13.0. The molecule has 0 spiro atoms. The van der Waals surface area contributed by atoms with E-state index in [4.69, 9.17) is 93.3 Å². The molecule has 16 rings (SSSR count). The molecule has 5 aromatic carbocycles. The summed E-state index contributed by atoms with van der Waals surface area (Å²) in [6.07, 6.45) is 8.39. The van der Waals surface area contributed by atoms with Crippen molar-refractivity contribution in [2.45, 2.75) is 117 Å². The fourth-order valence-electron chi connectivity index (χ4n) is 13.1. The maximum atomic E-state index is 13.0. The topological polar surface area (TPSA) is 474 Å². The largest absolute Gasteiger partial charge is 1.00 e. The van der Waals surface area contributed by atoms with E-state index in [1.807, 2.05) is 53.8 Å². The smallest absolute Gasteiger partial charge is 1.00 e. The Morgan fingerprint density at radius 2 is 0.787 bits per heavy atom. The molecule has 0 saturated carbocycles. The van der Waals surface area contributed by atoms with Crippen LogP contribution >= 0.6 is 141 Å². The fourth-order valence-corrected chi connectivity index (χ4v) is 15.6. The molecule has 11 heterocycles. The van der Waals surface area contributed by atoms with Crippen LogP contribution in [0.5, 0.6) is 28.7 Å². The number of nitrogens with two attached hydrogens (primary N) is 1. The summed E-state index contributed by atoms with van der Waals surface area (Å²) in [5.74, 6) is -1.41. The number of anilines is 8. The van der Waals surface area contributed by atoms with Gasteiger partial charge in [0.05, 0.1) is 82.5 Å². The van der Waals surface area contributed by atoms with Crippen LogP contribution in [0, 0.1) is 0 Å². The summed E-state index contributed by atoms with van der Waals surface area (Å²) in [6, 6.07) is 36.7. The molecule has 6 aromatic heterocycles. The summed E-state index contributed by atoms with van der Waals surface area (Å²) in [7, 11) is -0.762. The Hall–Kier alpha value is -8.99. The molecule has 5 aliphatic rings. The standard InChI is InChI=1S/C23H27BClF2N3O5.C20H17ClF2N4O3S.C17H15BrClF2N3O3.C13H7BrCl2F2N2O2.C7H6ClF2NO.C6H3BrClNO2.C4H9NO.CH2O3.2Na.H/c1-21(2)22(3,4)35-24(34-21)18-11-14(12-28-19(18)30-10-9-16(31)13-30)20(32)29-15-5-7-17(8-6-15)33-23(25,26)27;21-20(22,23)30-15-3-1-13(2-4-15)25-19(29)12-9-16(17-6-8-31-26-17)18(24-10-12)27-7-5-14(28)11-27;18-14-7-10(8-22-15(14)24-6-5-12(25)9-24)16(26)23-11-1-3-13(4-2-11)27-17(19,20)21;14-10-5-7(6-19-11(10)15)12(21)20-8-1-3-9(4-2-8)22-13(16,17)18;8-7(9,10)12-6-3-1-5(11)2-4-6;7-4-1-3(6(10)11)2-9-5(4)8;6-4-1-2-5-3-4;2-1-4-3;;;/h5-8,11-12,16,31H,9-10,13H2,1-4H3,(H,29,32);1-4,6,8-10,14,28H,5,7,11H2,(H,25,29);1-4,7-8,12,25H,5-6,9H2,(H,23,26);1-6H,(H,20,21);1-4H,11H2;1-2H,(H,10,11);4-6H,1-3H2;1,3H;;;/q;;;;;;;;2*+1;-1/p-1/t16-;14-;12-;;;;4-;;;;/m111...1..../s1. The number of halogens is 20. The number of nitrogen functional groups attached to an aromatic ring is 1. The number of hydrogen-bond acceptors (Lipinski definition) is 31. The van der Waals surface area contributed by atoms with E-state index in [9.17, 15) is 83.2 Å². The summed E-state index contributed by atoms with van der Waals surface area (Å²) in [5, 5.41) is 71.1. The van der Waals surface area contributed by atoms with Crippen molar-refractivity contribution in [2.24, 2.45) is 0 Å². The molecule has 12 N–H and O–H groups in total. The number of pyridine rings is 5. The van der Waals surface area contributed by atoms with Crippen LogP contribution in [-0.2, 0) is 19.0 Å². The molecule has 796 valence electrons. The third kappa shape index (κ3) is 43.0. The second kappa shape index (κ2) is 58.5. The second-order valence-corrected chi connectivity index (χ2v) is 38.4. The Morgan fingerprint density at radius 1 is 0.480 bits per heavy atom. The number of β-amino-alcohol motifs (C(OH)–C–C–N with tert-alkyl or cyclic N) is 4. The normalized spacial score (nSPS) is 16.2. The number of carboxylic acids is 1. The molecule has 0 aliphatic carbocycles. The van der Waals surface area contributed by atoms with Crippen LogP contribution in [0.3, 0.4) is 0 Å². The second-order valence-electron chi connectivity index (χ2n) is 32.3. The van der Waals surface area contributed by atoms with Crippen molar-refractivity contribution in [3.8, 4) is 40.0 Å². The van der Waals surface area contributed by atoms with E-state index in [1.54, 1.807) is 18.2 Å². The van der Waals surface area contributed by atoms with Gasteiger partial charge >= 0.3 is 100 Å². The number of aromatic nitrogens is 6. The number of rotatable bonds is 25. The number of carbonyl (C=O) groups is 6. The minimum Gasteiger partial charge on any atom is -1.00 e. The monoisotopic (exact) mass is 2470 g/mol. The van der Waals surface area contributed by atoms with Crippen molar-refractivity contribution in [1.29, 1.82) is 0 Å². The first-order valence-electron chi connectivity index (χ1n) is 42.8. The molecule has 0 unspecified atom stereocenters. The average Bonchev–Trinajstić information content (AvgIpc) is 1.61. The molecular weight excluding hydrogens is 2390 g/mol. The van der Waals surface area contributed by atoms with E-state index in [0.29, 0.717) is 146 Å². The van der Waals surface area contributed by atoms with Gasteiger partial charge in [0.15, 0.2) is 0 Å². The average molecular weight is 2480 g/mol. The Balaban J connectivity index is 0.000000279. The molecule has 59 heteroatoms. The van der Waals surface area contributed by atoms with Gasteiger partial charge in [-0.3, -0.25) is 24.0 Å². The van der Waals surface area contributed by atoms with Crippen LogP contribution < -0.4 is 141 Å². The summed E-state index contributed by atoms with van der Waals surface area (Å²) < 4.78 is 164. The number of aromatic carboxylic acids is 1. The van der Waals surface area contributed by atoms with Crippen molar-refractivity contribution >= 4 is 235 Å². The number of carbonyl (C=O) groups excluding carboxylic acids is 5. The van der Waals surface area contributed by atoms with E-state index >= 15 is 0 Å². The summed E-state index contributed by atoms with van der Waals surface area (Å²) in [5.41, 5.74) is -9.52. The SMILES string of the molecule is CC1(C)OB(c2cc(C(=O)Nc3ccc(OC(F)(F)Cl)cc3)cnc2N2CC[C@@H](O)C2)OC1(C)C.Nc1ccc(OC(F)(F)Cl)cc1.O=C(Nc1ccc(OC(F)(F)Cl)cc1)c1cnc(Cl)c(Br)c1.O=C(Nc1ccc(OC(F)(F)Cl)cc1)c1cnc(N2CC[C@@H](O)C2)c(-c2ccsn2)c1.O=C(Nc1ccc(OC(F)(F)Cl)cc1)c1cnc(N2CC[C@@H](O)C2)c(Br)c1.O=C(O)c1cnc(Cl)c(Br)c1.O=CO[O-].O[C@@H]1CCNC1.[H-].[Na+].[Na+]. The molecule has 150 heavy (non-hydrogen) atoms. The van der Waals surface area contributed by atoms with E-state index in [1.165, 1.54) is 176 Å². The molecule has 0 bridgehead atoms. The van der Waals surface area contributed by atoms with Gasteiger partial charge < -0.3 is 117 Å². The van der Waals surface area contributed by atoms with Gasteiger partial charge in [0.25, 0.3) is 30.1 Å². The van der Waals surface area contributed by atoms with Gasteiger partial charge in [0.1, 0.15) is 56.5 Å². The first-order chi connectivity index (χ1) is 69.4. The fraction of sp³-hybridized carbons (Fsp3) is 0.297. The van der Waals surface area contributed by atoms with Gasteiger partial charge in [0.2, 0.25) is 0 Å². The van der Waals surface area contributed by atoms with Crippen LogP contribution in [0.4, 0.5) is 89.8 Å². The zero-order chi connectivity index (χ0) is 109. The molecule has 4 amide bonds. The van der Waals surface area contributed by atoms with Crippen molar-refractivity contribution in [3.05, 3.63) is 246 Å². The van der Waals surface area contributed by atoms with Gasteiger partial charge in [-0.2, -0.15) is 4.37 Å². The molecule has 5 saturated heterocycles. The van der Waals surface area contributed by atoms with Crippen molar-refractivity contribution in [1.82, 2.24) is 34.6 Å². The van der Waals surface area contributed by atoms with Gasteiger partial charge in [-0.15, -0.1) is 43.9 Å². The number of nitrogens with zero attached hydrogens (tertiary/aromatic N) is 9. The van der Waals surface area contributed by atoms with Crippen LogP contribution in [0.2, 0.25) is 10.3 Å². The quantitative estimate of drug-likeness (QED) is 0.00370. The number of nitrogens with one attached hydrogen (secondary N) is 5. The zero-order valence-electron chi connectivity index (χ0n) is 79.9. The third-order valence-corrected chi connectivity index (χ3v) is 24.4. The number of hydrogen-bond donors (Lipinski definition) is 11. The van der Waals surface area contributed by atoms with Gasteiger partial charge in [-0.05, 0) is 277 Å². The Kier molecular flexibility index (Phi) is 49.9. The van der Waals surface area contributed by atoms with Gasteiger partial charge in [0, 0.05) is 180 Å². The molecule has 35 nitrogen and oxygen atoms in total. The maximum Gasteiger partial charge on any atom is 1.00 e. The van der Waals surface area contributed by atoms with Crippen LogP contribution in [0.25, 0.3) is 11.3 Å². The molecule has 5 fully saturated rings. The summed E-state index contributed by atoms with van der Waals surface area (Å²) in [4.78, 5) is 98.3. The van der Waals surface area contributed by atoms with Crippen LogP contribution in [0.1, 0.15) is 107 Å². The predicted molar refractivity (Wildman–Crippen MR) is 544 cm³/mol. The zero-order valence-corrected chi connectivity index (χ0v) is 93.7. The number of amides is 4. The van der Waals surface area contributed by atoms with Gasteiger partial charge in [-0.1, -0.05) is 23.2 Å². The van der Waals surface area contributed by atoms with E-state index in [2.05, 4.69) is 155 Å². The first kappa shape index (κ1) is 128. The van der Waals surface area contributed by atoms with Crippen LogP contribution in [-0.4, -0.2) is 214 Å². The van der Waals surface area contributed by atoms with Crippen molar-refractivity contribution in [2.75, 3.05) is 94.1 Å². The Bertz CT molecular complexity index is 6280. The first-order valence-corrected chi connectivity index (χ1v) is 48.7. The van der Waals surface area contributed by atoms with E-state index in [0.717, 1.165) is 19.5 Å². The number of benzene rings is 5. The molecule has 4 atom stereocenters. The Morgan fingerprint density at radius 3 is 1.08 bits per heavy atom. The van der Waals surface area contributed by atoms with E-state index < -0.39 is 88.0 Å². The molecule has 5 aliphatic heterocycles. The summed E-state index contributed by atoms with van der Waals surface area (Å²) >= 11 is 45.6.